The molecule has 0 aliphatic heterocycles. The van der Waals surface area contributed by atoms with E-state index in [0.29, 0.717) is 0 Å². The van der Waals surface area contributed by atoms with Crippen LogP contribution in [0, 0.1) is 0 Å². The first kappa shape index (κ1) is 9.54. The summed E-state index contributed by atoms with van der Waals surface area (Å²) < 4.78 is 0. The Bertz CT molecular complexity index is 273. The fourth-order valence-corrected chi connectivity index (χ4v) is 0.884. The van der Waals surface area contributed by atoms with Crippen molar-refractivity contribution in [3.63, 3.8) is 0 Å². The van der Waals surface area contributed by atoms with Crippen LogP contribution in [0.2, 0.25) is 0 Å². The third-order valence-electron chi connectivity index (χ3n) is 1.57. The van der Waals surface area contributed by atoms with Crippen molar-refractivity contribution in [2.45, 2.75) is 0 Å². The van der Waals surface area contributed by atoms with Crippen molar-refractivity contribution in [1.29, 1.82) is 0 Å². The van der Waals surface area contributed by atoms with E-state index < -0.39 is 6.09 Å². The second kappa shape index (κ2) is 4.47. The molecular weight excluding hydrogens is 170 g/mol. The Morgan fingerprint density at radius 1 is 1.31 bits per heavy atom. The molecule has 0 radical (unpaired) electrons. The molecule has 1 amide bonds. The van der Waals surface area contributed by atoms with Crippen molar-refractivity contribution in [2.24, 2.45) is 0 Å². The van der Waals surface area contributed by atoms with Crippen LogP contribution in [-0.4, -0.2) is 20.3 Å². The summed E-state index contributed by atoms with van der Waals surface area (Å²) in [6, 6.07) is 9.16. The number of benzene rings is 1. The molecule has 0 spiro atoms. The van der Waals surface area contributed by atoms with E-state index in [2.05, 4.69) is 9.78 Å². The third-order valence-corrected chi connectivity index (χ3v) is 1.57. The quantitative estimate of drug-likeness (QED) is 0.516. The summed E-state index contributed by atoms with van der Waals surface area (Å²) in [4.78, 5) is 21.1. The molecule has 13 heavy (non-hydrogen) atoms. The van der Waals surface area contributed by atoms with Gasteiger partial charge in [-0.3, -0.25) is 9.79 Å². The minimum Gasteiger partial charge on any atom is -0.279 e. The molecule has 0 aromatic heterocycles. The summed E-state index contributed by atoms with van der Waals surface area (Å²) >= 11 is 0. The van der Waals surface area contributed by atoms with Crippen LogP contribution in [0.5, 0.6) is 0 Å². The van der Waals surface area contributed by atoms with Crippen molar-refractivity contribution in [1.82, 2.24) is 0 Å². The Hall–Kier alpha value is -1.55. The van der Waals surface area contributed by atoms with Crippen LogP contribution in [-0.2, 0) is 9.78 Å². The second-order valence-electron chi connectivity index (χ2n) is 2.41. The molecule has 1 rings (SSSR count). The van der Waals surface area contributed by atoms with Gasteiger partial charge in [-0.1, -0.05) is 18.2 Å². The Balaban J connectivity index is 2.68. The second-order valence-corrected chi connectivity index (χ2v) is 2.41. The highest BCUT2D eigenvalue weighted by molar-refractivity contribution is 5.86. The number of rotatable bonds is 2. The molecule has 0 atom stereocenters. The van der Waals surface area contributed by atoms with Crippen LogP contribution < -0.4 is 4.90 Å². The lowest BCUT2D eigenvalue weighted by atomic mass is 10.3. The van der Waals surface area contributed by atoms with Gasteiger partial charge in [0.05, 0.1) is 7.11 Å². The summed E-state index contributed by atoms with van der Waals surface area (Å²) in [6.07, 6.45) is -0.548. The number of anilines is 1. The molecular formula is C9H11NO3. The number of nitrogens with zero attached hydrogens (tertiary/aromatic N) is 1. The Morgan fingerprint density at radius 2 is 1.92 bits per heavy atom. The largest absolute Gasteiger partial charge is 0.445 e. The highest BCUT2D eigenvalue weighted by Gasteiger charge is 2.11. The van der Waals surface area contributed by atoms with Gasteiger partial charge >= 0.3 is 6.09 Å². The predicted octanol–water partition coefficient (Wildman–Crippen LogP) is 1.82. The standard InChI is InChI=1S/C9H11NO3/c1-10(9(11)13-12-2)8-6-4-3-5-7-8/h3-7H,1-2H3. The zero-order valence-electron chi connectivity index (χ0n) is 7.56. The first-order valence-electron chi connectivity index (χ1n) is 3.79. The number of hydrogen-bond donors (Lipinski definition) is 0. The number of amides is 1. The Kier molecular flexibility index (Phi) is 3.28. The summed E-state index contributed by atoms with van der Waals surface area (Å²) in [5, 5.41) is 0. The normalized spacial score (nSPS) is 9.38. The van der Waals surface area contributed by atoms with Crippen LogP contribution in [0.1, 0.15) is 0 Å². The SMILES string of the molecule is COOC(=O)N(C)c1ccccc1. The van der Waals surface area contributed by atoms with Gasteiger partial charge in [0.1, 0.15) is 0 Å². The maximum Gasteiger partial charge on any atom is 0.445 e. The smallest absolute Gasteiger partial charge is 0.279 e. The molecule has 4 heteroatoms. The predicted molar refractivity (Wildman–Crippen MR) is 48.3 cm³/mol. The Labute approximate surface area is 76.6 Å². The fraction of sp³-hybridized carbons (Fsp3) is 0.222. The molecule has 0 bridgehead atoms. The van der Waals surface area contributed by atoms with Crippen LogP contribution in [0.3, 0.4) is 0 Å². The first-order chi connectivity index (χ1) is 6.25. The lowest BCUT2D eigenvalue weighted by Gasteiger charge is -2.14. The number of carbonyl (C=O) groups excluding carboxylic acids is 1. The highest BCUT2D eigenvalue weighted by Crippen LogP contribution is 2.11. The minimum atomic E-state index is -0.548. The summed E-state index contributed by atoms with van der Waals surface area (Å²) in [5.74, 6) is 0. The Morgan fingerprint density at radius 3 is 2.46 bits per heavy atom. The summed E-state index contributed by atoms with van der Waals surface area (Å²) in [7, 11) is 2.90. The average molecular weight is 181 g/mol. The van der Waals surface area contributed by atoms with Gasteiger partial charge in [0.2, 0.25) is 0 Å². The van der Waals surface area contributed by atoms with Gasteiger partial charge in [-0.25, -0.2) is 4.79 Å². The molecule has 1 aromatic rings. The number of carbonyl (C=O) groups is 1. The van der Waals surface area contributed by atoms with Crippen molar-refractivity contribution in [3.8, 4) is 0 Å². The lowest BCUT2D eigenvalue weighted by Crippen LogP contribution is -2.26. The van der Waals surface area contributed by atoms with Crippen molar-refractivity contribution >= 4 is 11.8 Å². The van der Waals surface area contributed by atoms with E-state index in [9.17, 15) is 4.79 Å². The van der Waals surface area contributed by atoms with Crippen LogP contribution in [0.15, 0.2) is 30.3 Å². The van der Waals surface area contributed by atoms with E-state index in [1.165, 1.54) is 12.0 Å². The molecule has 0 aliphatic carbocycles. The molecule has 0 N–H and O–H groups in total. The van der Waals surface area contributed by atoms with Gasteiger partial charge in [-0.2, -0.15) is 4.89 Å². The van der Waals surface area contributed by atoms with Gasteiger partial charge in [-0.15, -0.1) is 0 Å². The molecule has 4 nitrogen and oxygen atoms in total. The van der Waals surface area contributed by atoms with Gasteiger partial charge in [0.15, 0.2) is 0 Å². The molecule has 0 fully saturated rings. The van der Waals surface area contributed by atoms with Gasteiger partial charge in [-0.05, 0) is 12.1 Å². The van der Waals surface area contributed by atoms with Crippen molar-refractivity contribution in [3.05, 3.63) is 30.3 Å². The number of para-hydroxylation sites is 1. The van der Waals surface area contributed by atoms with Gasteiger partial charge in [0, 0.05) is 12.7 Å². The zero-order chi connectivity index (χ0) is 9.68. The van der Waals surface area contributed by atoms with E-state index in [-0.39, 0.29) is 0 Å². The maximum absolute atomic E-state index is 11.1. The van der Waals surface area contributed by atoms with E-state index in [0.717, 1.165) is 5.69 Å². The molecule has 0 aliphatic rings. The first-order valence-corrected chi connectivity index (χ1v) is 3.79. The molecule has 0 saturated heterocycles. The van der Waals surface area contributed by atoms with Crippen LogP contribution in [0.25, 0.3) is 0 Å². The van der Waals surface area contributed by atoms with Crippen LogP contribution >= 0.6 is 0 Å². The molecule has 1 aromatic carbocycles. The van der Waals surface area contributed by atoms with Gasteiger partial charge in [0.25, 0.3) is 0 Å². The highest BCUT2D eigenvalue weighted by atomic mass is 17.2. The van der Waals surface area contributed by atoms with E-state index in [1.807, 2.05) is 18.2 Å². The monoisotopic (exact) mass is 181 g/mol. The summed E-state index contributed by atoms with van der Waals surface area (Å²) in [6.45, 7) is 0. The molecule has 0 heterocycles. The van der Waals surface area contributed by atoms with E-state index in [1.54, 1.807) is 19.2 Å². The molecule has 70 valence electrons. The zero-order valence-corrected chi connectivity index (χ0v) is 7.56. The van der Waals surface area contributed by atoms with Crippen LogP contribution in [0.4, 0.5) is 10.5 Å². The molecule has 0 saturated carbocycles. The number of hydrogen-bond acceptors (Lipinski definition) is 3. The third kappa shape index (κ3) is 2.45. The fourth-order valence-electron chi connectivity index (χ4n) is 0.884. The van der Waals surface area contributed by atoms with Crippen molar-refractivity contribution < 1.29 is 14.6 Å². The average Bonchev–Trinajstić information content (AvgIpc) is 2.18. The summed E-state index contributed by atoms with van der Waals surface area (Å²) in [5.41, 5.74) is 0.754. The minimum absolute atomic E-state index is 0.548. The maximum atomic E-state index is 11.1. The van der Waals surface area contributed by atoms with Gasteiger partial charge < -0.3 is 0 Å². The van der Waals surface area contributed by atoms with Crippen molar-refractivity contribution in [2.75, 3.05) is 19.1 Å². The molecule has 0 unspecified atom stereocenters. The van der Waals surface area contributed by atoms with E-state index >= 15 is 0 Å². The topological polar surface area (TPSA) is 38.8 Å². The van der Waals surface area contributed by atoms with E-state index in [4.69, 9.17) is 0 Å². The lowest BCUT2D eigenvalue weighted by molar-refractivity contribution is -0.210.